The van der Waals surface area contributed by atoms with Crippen molar-refractivity contribution >= 4 is 39.1 Å². The van der Waals surface area contributed by atoms with Gasteiger partial charge in [0.05, 0.1) is 25.4 Å². The fourth-order valence-corrected chi connectivity index (χ4v) is 3.88. The number of nitrogens with zero attached hydrogens (tertiary/aromatic N) is 2. The van der Waals surface area contributed by atoms with Gasteiger partial charge < -0.3 is 14.8 Å². The van der Waals surface area contributed by atoms with Crippen LogP contribution in [0.5, 0.6) is 5.75 Å². The molecule has 1 amide bonds. The average Bonchev–Trinajstić information content (AvgIpc) is 3.06. The van der Waals surface area contributed by atoms with E-state index in [1.165, 1.54) is 10.9 Å². The smallest absolute Gasteiger partial charge is 0.348 e. The lowest BCUT2D eigenvalue weighted by Gasteiger charge is -2.15. The zero-order valence-corrected chi connectivity index (χ0v) is 17.3. The summed E-state index contributed by atoms with van der Waals surface area (Å²) in [6.07, 6.45) is 1.33. The molecule has 0 aliphatic rings. The quantitative estimate of drug-likeness (QED) is 0.621. The van der Waals surface area contributed by atoms with E-state index in [2.05, 4.69) is 10.3 Å². The maximum atomic E-state index is 13.0. The van der Waals surface area contributed by atoms with Crippen LogP contribution < -0.4 is 15.6 Å². The van der Waals surface area contributed by atoms with Gasteiger partial charge in [-0.1, -0.05) is 0 Å². The van der Waals surface area contributed by atoms with Gasteiger partial charge in [0.25, 0.3) is 5.56 Å². The molecule has 0 bridgehead atoms. The molecule has 3 aromatic rings. The summed E-state index contributed by atoms with van der Waals surface area (Å²) in [5.74, 6) is -0.173. The minimum atomic E-state index is -0.799. The molecule has 1 atom stereocenters. The zero-order valence-electron chi connectivity index (χ0n) is 16.5. The van der Waals surface area contributed by atoms with Crippen LogP contribution in [0.25, 0.3) is 10.2 Å². The maximum absolute atomic E-state index is 13.0. The van der Waals surface area contributed by atoms with Gasteiger partial charge in [0.2, 0.25) is 5.91 Å². The molecule has 0 unspecified atom stereocenters. The van der Waals surface area contributed by atoms with Crippen molar-refractivity contribution in [1.82, 2.24) is 9.55 Å². The number of anilines is 1. The highest BCUT2D eigenvalue weighted by atomic mass is 32.1. The largest absolute Gasteiger partial charge is 0.497 e. The van der Waals surface area contributed by atoms with Crippen molar-refractivity contribution in [3.05, 3.63) is 51.4 Å². The van der Waals surface area contributed by atoms with Crippen molar-refractivity contribution in [2.45, 2.75) is 26.8 Å². The normalized spacial score (nSPS) is 11.9. The number of nitrogens with one attached hydrogen (secondary N) is 1. The standard InChI is InChI=1S/C20H21N3O5S/c1-5-28-20(26)16-11(2)15-18(29-16)21-10-23(19(15)25)12(3)17(24)22-13-6-8-14(27-4)9-7-13/h6-10,12H,5H2,1-4H3,(H,22,24)/t12-/m1/s1. The summed E-state index contributed by atoms with van der Waals surface area (Å²) >= 11 is 1.11. The van der Waals surface area contributed by atoms with Gasteiger partial charge in [-0.25, -0.2) is 9.78 Å². The van der Waals surface area contributed by atoms with E-state index in [9.17, 15) is 14.4 Å². The Morgan fingerprint density at radius 3 is 2.59 bits per heavy atom. The Balaban J connectivity index is 1.91. The third-order valence-corrected chi connectivity index (χ3v) is 5.67. The molecule has 0 spiro atoms. The van der Waals surface area contributed by atoms with Gasteiger partial charge in [-0.05, 0) is 50.6 Å². The van der Waals surface area contributed by atoms with Crippen LogP contribution >= 0.6 is 11.3 Å². The third-order valence-electron chi connectivity index (χ3n) is 4.49. The SMILES string of the molecule is CCOC(=O)c1sc2ncn([C@H](C)C(=O)Nc3ccc(OC)cc3)c(=O)c2c1C. The number of ether oxygens (including phenoxy) is 2. The first kappa shape index (κ1) is 20.5. The molecule has 29 heavy (non-hydrogen) atoms. The Kier molecular flexibility index (Phi) is 5.97. The van der Waals surface area contributed by atoms with E-state index in [0.29, 0.717) is 32.1 Å². The average molecular weight is 415 g/mol. The van der Waals surface area contributed by atoms with Crippen LogP contribution in [0.4, 0.5) is 5.69 Å². The Hall–Kier alpha value is -3.20. The summed E-state index contributed by atoms with van der Waals surface area (Å²) < 4.78 is 11.4. The van der Waals surface area contributed by atoms with E-state index in [1.807, 2.05) is 0 Å². The number of amides is 1. The Labute approximate surface area is 171 Å². The lowest BCUT2D eigenvalue weighted by Crippen LogP contribution is -2.31. The molecule has 1 N–H and O–H groups in total. The molecule has 152 valence electrons. The van der Waals surface area contributed by atoms with Crippen LogP contribution in [0, 0.1) is 6.92 Å². The number of carbonyl (C=O) groups is 2. The van der Waals surface area contributed by atoms with Gasteiger partial charge in [0.15, 0.2) is 0 Å². The number of carbonyl (C=O) groups excluding carboxylic acids is 2. The first-order valence-electron chi connectivity index (χ1n) is 8.99. The topological polar surface area (TPSA) is 99.5 Å². The first-order chi connectivity index (χ1) is 13.9. The molecular formula is C20H21N3O5S. The van der Waals surface area contributed by atoms with Crippen LogP contribution in [0.2, 0.25) is 0 Å². The van der Waals surface area contributed by atoms with E-state index >= 15 is 0 Å². The second kappa shape index (κ2) is 8.44. The molecule has 3 rings (SSSR count). The number of fused-ring (bicyclic) bond motifs is 1. The van der Waals surface area contributed by atoms with E-state index in [-0.39, 0.29) is 18.1 Å². The number of thiophene rings is 1. The molecule has 0 aliphatic heterocycles. The number of rotatable bonds is 6. The molecule has 0 saturated carbocycles. The second-order valence-electron chi connectivity index (χ2n) is 6.31. The number of methoxy groups -OCH3 is 1. The van der Waals surface area contributed by atoms with Crippen LogP contribution in [0.1, 0.15) is 35.1 Å². The number of hydrogen-bond acceptors (Lipinski definition) is 7. The Morgan fingerprint density at radius 1 is 1.28 bits per heavy atom. The summed E-state index contributed by atoms with van der Waals surface area (Å²) in [5, 5.41) is 3.09. The predicted octanol–water partition coefficient (Wildman–Crippen LogP) is 3.15. The molecule has 0 radical (unpaired) electrons. The molecule has 0 fully saturated rings. The number of aromatic nitrogens is 2. The summed E-state index contributed by atoms with van der Waals surface area (Å²) in [6.45, 7) is 5.25. The van der Waals surface area contributed by atoms with Gasteiger partial charge in [-0.2, -0.15) is 0 Å². The minimum Gasteiger partial charge on any atom is -0.497 e. The monoisotopic (exact) mass is 415 g/mol. The first-order valence-corrected chi connectivity index (χ1v) is 9.81. The number of benzene rings is 1. The van der Waals surface area contributed by atoms with Crippen molar-refractivity contribution in [3.8, 4) is 5.75 Å². The van der Waals surface area contributed by atoms with Crippen molar-refractivity contribution in [1.29, 1.82) is 0 Å². The zero-order chi connectivity index (χ0) is 21.1. The fraction of sp³-hybridized carbons (Fsp3) is 0.300. The highest BCUT2D eigenvalue weighted by molar-refractivity contribution is 7.20. The summed E-state index contributed by atoms with van der Waals surface area (Å²) in [6, 6.07) is 6.08. The molecule has 2 aromatic heterocycles. The summed E-state index contributed by atoms with van der Waals surface area (Å²) in [7, 11) is 1.56. The molecule has 8 nitrogen and oxygen atoms in total. The van der Waals surface area contributed by atoms with Crippen molar-refractivity contribution in [2.24, 2.45) is 0 Å². The Bertz CT molecular complexity index is 1120. The summed E-state index contributed by atoms with van der Waals surface area (Å²) in [5.41, 5.74) is 0.718. The van der Waals surface area contributed by atoms with Crippen LogP contribution in [-0.4, -0.2) is 35.1 Å². The number of aryl methyl sites for hydroxylation is 1. The molecule has 2 heterocycles. The van der Waals surface area contributed by atoms with Crippen molar-refractivity contribution in [3.63, 3.8) is 0 Å². The van der Waals surface area contributed by atoms with Gasteiger partial charge >= 0.3 is 5.97 Å². The molecule has 9 heteroatoms. The lowest BCUT2D eigenvalue weighted by atomic mass is 10.2. The summed E-state index contributed by atoms with van der Waals surface area (Å²) in [4.78, 5) is 42.8. The third kappa shape index (κ3) is 4.00. The van der Waals surface area contributed by atoms with Gasteiger partial charge in [-0.15, -0.1) is 11.3 Å². The van der Waals surface area contributed by atoms with Crippen molar-refractivity contribution in [2.75, 3.05) is 19.0 Å². The molecule has 0 aliphatic carbocycles. The van der Waals surface area contributed by atoms with Gasteiger partial charge in [0.1, 0.15) is 21.5 Å². The Morgan fingerprint density at radius 2 is 1.97 bits per heavy atom. The highest BCUT2D eigenvalue weighted by Gasteiger charge is 2.23. The maximum Gasteiger partial charge on any atom is 0.348 e. The van der Waals surface area contributed by atoms with E-state index in [4.69, 9.17) is 9.47 Å². The molecule has 0 saturated heterocycles. The van der Waals surface area contributed by atoms with Gasteiger partial charge in [-0.3, -0.25) is 14.2 Å². The van der Waals surface area contributed by atoms with E-state index in [0.717, 1.165) is 11.3 Å². The second-order valence-corrected chi connectivity index (χ2v) is 7.31. The van der Waals surface area contributed by atoms with E-state index < -0.39 is 12.0 Å². The minimum absolute atomic E-state index is 0.243. The number of esters is 1. The van der Waals surface area contributed by atoms with Crippen LogP contribution in [0.15, 0.2) is 35.4 Å². The van der Waals surface area contributed by atoms with Crippen LogP contribution in [0.3, 0.4) is 0 Å². The lowest BCUT2D eigenvalue weighted by molar-refractivity contribution is -0.118. The molecular weight excluding hydrogens is 394 g/mol. The van der Waals surface area contributed by atoms with Gasteiger partial charge in [0, 0.05) is 5.69 Å². The van der Waals surface area contributed by atoms with Crippen LogP contribution in [-0.2, 0) is 9.53 Å². The molecule has 1 aromatic carbocycles. The number of hydrogen-bond donors (Lipinski definition) is 1. The predicted molar refractivity (Wildman–Crippen MR) is 111 cm³/mol. The highest BCUT2D eigenvalue weighted by Crippen LogP contribution is 2.28. The van der Waals surface area contributed by atoms with E-state index in [1.54, 1.807) is 52.1 Å². The van der Waals surface area contributed by atoms with Crippen molar-refractivity contribution < 1.29 is 19.1 Å². The fourth-order valence-electron chi connectivity index (χ4n) is 2.85.